The summed E-state index contributed by atoms with van der Waals surface area (Å²) in [6.45, 7) is 3.40. The van der Waals surface area contributed by atoms with Crippen LogP contribution in [0.4, 0.5) is 5.69 Å². The molecule has 2 heterocycles. The first-order chi connectivity index (χ1) is 9.15. The van der Waals surface area contributed by atoms with Crippen molar-refractivity contribution in [3.05, 3.63) is 23.0 Å². The van der Waals surface area contributed by atoms with E-state index in [1.807, 2.05) is 4.90 Å². The molecule has 0 spiro atoms. The molecule has 0 atom stereocenters. The molecule has 0 unspecified atom stereocenters. The van der Waals surface area contributed by atoms with E-state index in [0.29, 0.717) is 11.3 Å². The molecule has 2 aliphatic rings. The predicted molar refractivity (Wildman–Crippen MR) is 74.2 cm³/mol. The van der Waals surface area contributed by atoms with Gasteiger partial charge in [0.05, 0.1) is 17.4 Å². The molecule has 5 nitrogen and oxygen atoms in total. The van der Waals surface area contributed by atoms with E-state index in [1.165, 1.54) is 19.0 Å². The van der Waals surface area contributed by atoms with Crippen molar-refractivity contribution < 1.29 is 4.79 Å². The van der Waals surface area contributed by atoms with Gasteiger partial charge in [0, 0.05) is 32.2 Å². The summed E-state index contributed by atoms with van der Waals surface area (Å²) in [6, 6.07) is 2.36. The van der Waals surface area contributed by atoms with Gasteiger partial charge >= 0.3 is 0 Å². The molecular weight excluding hydrogens is 264 g/mol. The summed E-state index contributed by atoms with van der Waals surface area (Å²) in [5, 5.41) is 0.226. The second-order valence-electron chi connectivity index (χ2n) is 5.17. The Morgan fingerprint density at radius 1 is 1.32 bits per heavy atom. The Labute approximate surface area is 117 Å². The van der Waals surface area contributed by atoms with Crippen LogP contribution in [0, 0.1) is 0 Å². The van der Waals surface area contributed by atoms with Gasteiger partial charge in [-0.1, -0.05) is 11.6 Å². The van der Waals surface area contributed by atoms with E-state index in [4.69, 9.17) is 17.3 Å². The lowest BCUT2D eigenvalue weighted by molar-refractivity contribution is 0.0627. The van der Waals surface area contributed by atoms with Crippen molar-refractivity contribution in [3.8, 4) is 0 Å². The number of hydrogen-bond acceptors (Lipinski definition) is 4. The molecule has 0 aromatic carbocycles. The molecule has 1 aromatic heterocycles. The summed E-state index contributed by atoms with van der Waals surface area (Å²) < 4.78 is 0. The Morgan fingerprint density at radius 2 is 2.00 bits per heavy atom. The average molecular weight is 281 g/mol. The molecule has 102 valence electrons. The largest absolute Gasteiger partial charge is 0.397 e. The number of carbonyl (C=O) groups excluding carboxylic acids is 1. The van der Waals surface area contributed by atoms with Crippen molar-refractivity contribution in [2.75, 3.05) is 31.9 Å². The number of halogens is 1. The van der Waals surface area contributed by atoms with Gasteiger partial charge in [0.25, 0.3) is 5.91 Å². The van der Waals surface area contributed by atoms with E-state index in [9.17, 15) is 4.79 Å². The van der Waals surface area contributed by atoms with Gasteiger partial charge < -0.3 is 10.6 Å². The van der Waals surface area contributed by atoms with Crippen molar-refractivity contribution in [2.45, 2.75) is 18.9 Å². The maximum Gasteiger partial charge on any atom is 0.257 e. The molecule has 1 aliphatic carbocycles. The van der Waals surface area contributed by atoms with Gasteiger partial charge in [-0.3, -0.25) is 9.69 Å². The Kier molecular flexibility index (Phi) is 3.33. The summed E-state index contributed by atoms with van der Waals surface area (Å²) in [6.07, 6.45) is 4.07. The van der Waals surface area contributed by atoms with Gasteiger partial charge in [-0.15, -0.1) is 0 Å². The second-order valence-corrected chi connectivity index (χ2v) is 5.52. The molecule has 2 fully saturated rings. The zero-order valence-electron chi connectivity index (χ0n) is 10.7. The number of nitrogens with two attached hydrogens (primary N) is 1. The zero-order chi connectivity index (χ0) is 13.4. The fourth-order valence-corrected chi connectivity index (χ4v) is 2.70. The lowest BCUT2D eigenvalue weighted by atomic mass is 10.2. The number of anilines is 1. The molecule has 2 N–H and O–H groups in total. The van der Waals surface area contributed by atoms with Gasteiger partial charge in [0.2, 0.25) is 0 Å². The highest BCUT2D eigenvalue weighted by atomic mass is 35.5. The quantitative estimate of drug-likeness (QED) is 0.828. The minimum atomic E-state index is -0.0692. The first kappa shape index (κ1) is 12.7. The topological polar surface area (TPSA) is 62.5 Å². The van der Waals surface area contributed by atoms with Crippen molar-refractivity contribution in [2.24, 2.45) is 0 Å². The minimum Gasteiger partial charge on any atom is -0.397 e. The number of pyridine rings is 1. The van der Waals surface area contributed by atoms with Crippen LogP contribution < -0.4 is 5.73 Å². The summed E-state index contributed by atoms with van der Waals surface area (Å²) in [4.78, 5) is 20.6. The van der Waals surface area contributed by atoms with Gasteiger partial charge in [-0.05, 0) is 18.9 Å². The molecule has 1 saturated carbocycles. The van der Waals surface area contributed by atoms with Crippen LogP contribution in [0.5, 0.6) is 0 Å². The number of carbonyl (C=O) groups is 1. The Bertz CT molecular complexity index is 495. The highest BCUT2D eigenvalue weighted by Gasteiger charge is 2.32. The molecule has 0 bridgehead atoms. The van der Waals surface area contributed by atoms with Crippen LogP contribution >= 0.6 is 11.6 Å². The molecule has 0 radical (unpaired) electrons. The van der Waals surface area contributed by atoms with E-state index in [2.05, 4.69) is 9.88 Å². The minimum absolute atomic E-state index is 0.0692. The Hall–Kier alpha value is -1.33. The SMILES string of the molecule is Nc1cnc(Cl)c(C(=O)N2CCN(C3CC3)CC2)c1. The number of aromatic nitrogens is 1. The summed E-state index contributed by atoms with van der Waals surface area (Å²) in [5.74, 6) is -0.0692. The Morgan fingerprint density at radius 3 is 2.63 bits per heavy atom. The van der Waals surface area contributed by atoms with Crippen molar-refractivity contribution in [3.63, 3.8) is 0 Å². The van der Waals surface area contributed by atoms with E-state index in [1.54, 1.807) is 6.07 Å². The van der Waals surface area contributed by atoms with Gasteiger partial charge in [-0.25, -0.2) is 4.98 Å². The number of amides is 1. The molecule has 6 heteroatoms. The number of nitrogen functional groups attached to an aromatic ring is 1. The zero-order valence-corrected chi connectivity index (χ0v) is 11.4. The van der Waals surface area contributed by atoms with Crippen molar-refractivity contribution >= 4 is 23.2 Å². The third-order valence-electron chi connectivity index (χ3n) is 3.76. The second kappa shape index (κ2) is 4.98. The summed E-state index contributed by atoms with van der Waals surface area (Å²) >= 11 is 5.97. The van der Waals surface area contributed by atoms with E-state index < -0.39 is 0 Å². The van der Waals surface area contributed by atoms with E-state index in [-0.39, 0.29) is 11.1 Å². The van der Waals surface area contributed by atoms with Crippen LogP contribution in [0.1, 0.15) is 23.2 Å². The first-order valence-corrected chi connectivity index (χ1v) is 6.97. The van der Waals surface area contributed by atoms with Gasteiger partial charge in [0.15, 0.2) is 0 Å². The smallest absolute Gasteiger partial charge is 0.257 e. The normalized spacial score (nSPS) is 20.6. The van der Waals surface area contributed by atoms with Gasteiger partial charge in [0.1, 0.15) is 5.15 Å². The first-order valence-electron chi connectivity index (χ1n) is 6.59. The number of nitrogens with zero attached hydrogens (tertiary/aromatic N) is 3. The summed E-state index contributed by atoms with van der Waals surface area (Å²) in [5.41, 5.74) is 6.53. The monoisotopic (exact) mass is 280 g/mol. The Balaban J connectivity index is 1.68. The van der Waals surface area contributed by atoms with Crippen LogP contribution in [0.3, 0.4) is 0 Å². The van der Waals surface area contributed by atoms with Gasteiger partial charge in [-0.2, -0.15) is 0 Å². The molecule has 3 rings (SSSR count). The predicted octanol–water partition coefficient (Wildman–Crippen LogP) is 1.24. The van der Waals surface area contributed by atoms with Crippen molar-refractivity contribution in [1.82, 2.24) is 14.8 Å². The van der Waals surface area contributed by atoms with Crippen LogP contribution in [-0.4, -0.2) is 52.9 Å². The standard InChI is InChI=1S/C13H17ClN4O/c14-12-11(7-9(15)8-16-12)13(19)18-5-3-17(4-6-18)10-1-2-10/h7-8,10H,1-6,15H2. The van der Waals surface area contributed by atoms with E-state index in [0.717, 1.165) is 32.2 Å². The number of piperazine rings is 1. The summed E-state index contributed by atoms with van der Waals surface area (Å²) in [7, 11) is 0. The van der Waals surface area contributed by atoms with Crippen LogP contribution in [0.25, 0.3) is 0 Å². The highest BCUT2D eigenvalue weighted by molar-refractivity contribution is 6.32. The molecular formula is C13H17ClN4O. The maximum absolute atomic E-state index is 12.4. The molecule has 1 aliphatic heterocycles. The molecule has 19 heavy (non-hydrogen) atoms. The fourth-order valence-electron chi connectivity index (χ4n) is 2.51. The lowest BCUT2D eigenvalue weighted by Gasteiger charge is -2.34. The average Bonchev–Trinajstić information content (AvgIpc) is 3.25. The number of rotatable bonds is 2. The highest BCUT2D eigenvalue weighted by Crippen LogP contribution is 2.28. The number of hydrogen-bond donors (Lipinski definition) is 1. The van der Waals surface area contributed by atoms with Crippen LogP contribution in [0.2, 0.25) is 5.15 Å². The van der Waals surface area contributed by atoms with Crippen LogP contribution in [0.15, 0.2) is 12.3 Å². The molecule has 1 aromatic rings. The molecule has 1 saturated heterocycles. The van der Waals surface area contributed by atoms with Crippen molar-refractivity contribution in [1.29, 1.82) is 0 Å². The van der Waals surface area contributed by atoms with E-state index >= 15 is 0 Å². The fraction of sp³-hybridized carbons (Fsp3) is 0.538. The lowest BCUT2D eigenvalue weighted by Crippen LogP contribution is -2.49. The third-order valence-corrected chi connectivity index (χ3v) is 4.06. The maximum atomic E-state index is 12.4. The molecule has 1 amide bonds. The third kappa shape index (κ3) is 2.67. The van der Waals surface area contributed by atoms with Crippen LogP contribution in [-0.2, 0) is 0 Å².